The van der Waals surface area contributed by atoms with Crippen molar-refractivity contribution in [2.75, 3.05) is 24.2 Å². The number of pyridine rings is 1. The molecule has 11 nitrogen and oxygen atoms in total. The van der Waals surface area contributed by atoms with Crippen LogP contribution >= 0.6 is 0 Å². The number of fused-ring (bicyclic) bond motifs is 1. The van der Waals surface area contributed by atoms with E-state index in [1.54, 1.807) is 18.2 Å². The fourth-order valence-corrected chi connectivity index (χ4v) is 6.08. The van der Waals surface area contributed by atoms with Crippen molar-refractivity contribution in [1.82, 2.24) is 25.0 Å². The topological polar surface area (TPSA) is 138 Å². The van der Waals surface area contributed by atoms with Crippen LogP contribution in [0.15, 0.2) is 42.7 Å². The number of amides is 4. The first-order valence-corrected chi connectivity index (χ1v) is 14.2. The lowest BCUT2D eigenvalue weighted by Gasteiger charge is -2.35. The standard InChI is InChI=1S/C30H31N7O4/c1-31-19-5-7-24(33-14-19)23-15-36(35-27(23)17-2-3-17)20-10-16(11-20)13-32-18-4-6-21-22(12-18)30(41)37(29(21)40)25-8-9-26(38)34-28(25)39/h4-7,12,14-17,20,25,31-32H,2-3,8-11,13H2,1H3,(H,34,38,39). The van der Waals surface area contributed by atoms with Gasteiger partial charge in [-0.1, -0.05) is 0 Å². The van der Waals surface area contributed by atoms with E-state index in [2.05, 4.69) is 31.8 Å². The van der Waals surface area contributed by atoms with E-state index in [4.69, 9.17) is 5.10 Å². The number of anilines is 2. The summed E-state index contributed by atoms with van der Waals surface area (Å²) in [5, 5.41) is 13.8. The molecule has 2 aromatic heterocycles. The SMILES string of the molecule is CNc1ccc(-c2cn(C3CC(CNc4ccc5c(c4)C(=O)N(C4CCC(=O)NC4=O)C5=O)C3)nc2C2CC2)nc1. The molecule has 1 unspecified atom stereocenters. The lowest BCUT2D eigenvalue weighted by Crippen LogP contribution is -2.54. The third-order valence-electron chi connectivity index (χ3n) is 8.67. The third-order valence-corrected chi connectivity index (χ3v) is 8.67. The molecule has 1 saturated heterocycles. The minimum atomic E-state index is -0.963. The predicted octanol–water partition coefficient (Wildman–Crippen LogP) is 3.33. The molecule has 7 rings (SSSR count). The normalized spacial score (nSPS) is 23.7. The maximum Gasteiger partial charge on any atom is 0.262 e. The van der Waals surface area contributed by atoms with Crippen molar-refractivity contribution in [3.8, 4) is 11.3 Å². The van der Waals surface area contributed by atoms with E-state index in [1.807, 2.05) is 25.4 Å². The van der Waals surface area contributed by atoms with Gasteiger partial charge in [0.25, 0.3) is 11.8 Å². The highest BCUT2D eigenvalue weighted by atomic mass is 16.2. The van der Waals surface area contributed by atoms with Crippen molar-refractivity contribution in [1.29, 1.82) is 0 Å². The van der Waals surface area contributed by atoms with Gasteiger partial charge in [0.15, 0.2) is 0 Å². The van der Waals surface area contributed by atoms with Crippen LogP contribution in [0.25, 0.3) is 11.3 Å². The summed E-state index contributed by atoms with van der Waals surface area (Å²) in [6.45, 7) is 0.741. The first kappa shape index (κ1) is 25.4. The third kappa shape index (κ3) is 4.55. The molecule has 3 aromatic rings. The largest absolute Gasteiger partial charge is 0.387 e. The summed E-state index contributed by atoms with van der Waals surface area (Å²) in [7, 11) is 1.88. The molecular weight excluding hydrogens is 522 g/mol. The zero-order valence-electron chi connectivity index (χ0n) is 22.7. The summed E-state index contributed by atoms with van der Waals surface area (Å²) in [6.07, 6.45) is 8.59. The van der Waals surface area contributed by atoms with Crippen LogP contribution in [0, 0.1) is 5.92 Å². The molecule has 2 saturated carbocycles. The zero-order valence-corrected chi connectivity index (χ0v) is 22.7. The number of benzene rings is 1. The Kier molecular flexibility index (Phi) is 6.09. The summed E-state index contributed by atoms with van der Waals surface area (Å²) < 4.78 is 2.12. The van der Waals surface area contributed by atoms with Gasteiger partial charge in [0.2, 0.25) is 11.8 Å². The van der Waals surface area contributed by atoms with Gasteiger partial charge in [-0.2, -0.15) is 5.10 Å². The highest BCUT2D eigenvalue weighted by Gasteiger charge is 2.44. The molecule has 3 N–H and O–H groups in total. The summed E-state index contributed by atoms with van der Waals surface area (Å²) in [4.78, 5) is 55.5. The van der Waals surface area contributed by atoms with Crippen molar-refractivity contribution in [3.63, 3.8) is 0 Å². The van der Waals surface area contributed by atoms with Crippen LogP contribution in [0.2, 0.25) is 0 Å². The van der Waals surface area contributed by atoms with Crippen molar-refractivity contribution in [2.24, 2.45) is 5.92 Å². The Morgan fingerprint density at radius 3 is 2.44 bits per heavy atom. The molecule has 2 aliphatic heterocycles. The number of aromatic nitrogens is 3. The Bertz CT molecular complexity index is 1570. The molecule has 3 fully saturated rings. The quantitative estimate of drug-likeness (QED) is 0.361. The summed E-state index contributed by atoms with van der Waals surface area (Å²) >= 11 is 0. The summed E-state index contributed by atoms with van der Waals surface area (Å²) in [5.41, 5.74) is 5.53. The minimum absolute atomic E-state index is 0.0986. The van der Waals surface area contributed by atoms with Crippen LogP contribution in [0.3, 0.4) is 0 Å². The second-order valence-electron chi connectivity index (χ2n) is 11.4. The number of nitrogens with zero attached hydrogens (tertiary/aromatic N) is 4. The van der Waals surface area contributed by atoms with Crippen molar-refractivity contribution < 1.29 is 19.2 Å². The monoisotopic (exact) mass is 553 g/mol. The van der Waals surface area contributed by atoms with Crippen LogP contribution in [-0.2, 0) is 9.59 Å². The second-order valence-corrected chi connectivity index (χ2v) is 11.4. The second kappa shape index (κ2) is 9.83. The molecule has 4 heterocycles. The van der Waals surface area contributed by atoms with Crippen molar-refractivity contribution >= 4 is 35.0 Å². The molecular formula is C30H31N7O4. The lowest BCUT2D eigenvalue weighted by molar-refractivity contribution is -0.136. The van der Waals surface area contributed by atoms with Gasteiger partial charge in [0, 0.05) is 43.4 Å². The van der Waals surface area contributed by atoms with Crippen LogP contribution in [0.1, 0.15) is 76.9 Å². The van der Waals surface area contributed by atoms with E-state index in [9.17, 15) is 19.2 Å². The average Bonchev–Trinajstić information content (AvgIpc) is 3.66. The number of piperidine rings is 1. The molecule has 0 spiro atoms. The molecule has 41 heavy (non-hydrogen) atoms. The predicted molar refractivity (Wildman–Crippen MR) is 150 cm³/mol. The maximum atomic E-state index is 13.1. The van der Waals surface area contributed by atoms with Crippen LogP contribution in [0.5, 0.6) is 0 Å². The Morgan fingerprint density at radius 2 is 1.73 bits per heavy atom. The minimum Gasteiger partial charge on any atom is -0.387 e. The van der Waals surface area contributed by atoms with Gasteiger partial charge >= 0.3 is 0 Å². The molecule has 4 aliphatic rings. The van der Waals surface area contributed by atoms with E-state index in [1.165, 1.54) is 12.8 Å². The number of nitrogens with one attached hydrogen (secondary N) is 3. The fraction of sp³-hybridized carbons (Fsp3) is 0.400. The number of hydrogen-bond donors (Lipinski definition) is 3. The Morgan fingerprint density at radius 1 is 0.951 bits per heavy atom. The molecule has 0 radical (unpaired) electrons. The molecule has 0 bridgehead atoms. The molecule has 210 valence electrons. The van der Waals surface area contributed by atoms with Gasteiger partial charge in [-0.25, -0.2) is 0 Å². The lowest BCUT2D eigenvalue weighted by atomic mass is 9.80. The van der Waals surface area contributed by atoms with E-state index >= 15 is 0 Å². The molecule has 1 aromatic carbocycles. The van der Waals surface area contributed by atoms with Crippen LogP contribution in [0.4, 0.5) is 11.4 Å². The zero-order chi connectivity index (χ0) is 28.2. The fourth-order valence-electron chi connectivity index (χ4n) is 6.08. The number of rotatable bonds is 8. The van der Waals surface area contributed by atoms with E-state index < -0.39 is 23.8 Å². The summed E-state index contributed by atoms with van der Waals surface area (Å²) in [5.74, 6) is -1.01. The first-order valence-electron chi connectivity index (χ1n) is 14.2. The first-order chi connectivity index (χ1) is 19.9. The Labute approximate surface area is 236 Å². The van der Waals surface area contributed by atoms with Crippen molar-refractivity contribution in [3.05, 3.63) is 59.5 Å². The molecule has 2 aliphatic carbocycles. The van der Waals surface area contributed by atoms with Crippen LogP contribution in [-0.4, -0.2) is 62.9 Å². The molecule has 1 atom stereocenters. The van der Waals surface area contributed by atoms with Gasteiger partial charge < -0.3 is 10.6 Å². The van der Waals surface area contributed by atoms with Crippen molar-refractivity contribution in [2.45, 2.75) is 56.5 Å². The van der Waals surface area contributed by atoms with Gasteiger partial charge in [-0.15, -0.1) is 0 Å². The molecule has 11 heteroatoms. The van der Waals surface area contributed by atoms with Crippen LogP contribution < -0.4 is 16.0 Å². The van der Waals surface area contributed by atoms with Gasteiger partial charge in [-0.05, 0) is 68.4 Å². The smallest absolute Gasteiger partial charge is 0.262 e. The molecule has 4 amide bonds. The number of carbonyl (C=O) groups is 4. The van der Waals surface area contributed by atoms with E-state index in [0.717, 1.165) is 52.6 Å². The average molecular weight is 554 g/mol. The van der Waals surface area contributed by atoms with Gasteiger partial charge in [-0.3, -0.25) is 39.1 Å². The number of carbonyl (C=O) groups excluding carboxylic acids is 4. The maximum absolute atomic E-state index is 13.1. The number of imide groups is 2. The highest BCUT2D eigenvalue weighted by Crippen LogP contribution is 2.45. The summed E-state index contributed by atoms with van der Waals surface area (Å²) in [6, 6.07) is 8.58. The van der Waals surface area contributed by atoms with E-state index in [-0.39, 0.29) is 29.9 Å². The van der Waals surface area contributed by atoms with E-state index in [0.29, 0.717) is 17.9 Å². The Hall–Kier alpha value is -4.54. The Balaban J connectivity index is 0.983. The highest BCUT2D eigenvalue weighted by molar-refractivity contribution is 6.23. The van der Waals surface area contributed by atoms with Gasteiger partial charge in [0.1, 0.15) is 6.04 Å². The van der Waals surface area contributed by atoms with Gasteiger partial charge in [0.05, 0.1) is 40.4 Å². The number of hydrogen-bond acceptors (Lipinski definition) is 8.